The second-order valence-electron chi connectivity index (χ2n) is 12.0. The first-order valence-electron chi connectivity index (χ1n) is 15.9. The van der Waals surface area contributed by atoms with Crippen LogP contribution in [0.15, 0.2) is 182 Å². The van der Waals surface area contributed by atoms with Crippen molar-refractivity contribution >= 4 is 62.0 Å². The molecular weight excluding hydrogens is 573 g/mol. The zero-order chi connectivity index (χ0) is 30.9. The Morgan fingerprint density at radius 2 is 0.891 bits per heavy atom. The van der Waals surface area contributed by atoms with Crippen molar-refractivity contribution in [2.75, 3.05) is 5.32 Å². The predicted octanol–water partition coefficient (Wildman–Crippen LogP) is 8.21. The molecule has 46 heavy (non-hydrogen) atoms. The number of para-hydroxylation sites is 1. The van der Waals surface area contributed by atoms with E-state index in [-0.39, 0.29) is 0 Å². The molecule has 7 aromatic carbocycles. The molecule has 0 radical (unpaired) electrons. The number of nitrogens with zero attached hydrogens (tertiary/aromatic N) is 1. The van der Waals surface area contributed by atoms with Gasteiger partial charge in [0.1, 0.15) is 0 Å². The number of benzene rings is 7. The van der Waals surface area contributed by atoms with E-state index in [1.54, 1.807) is 0 Å². The average molecular weight is 607 g/mol. The third-order valence-corrected chi connectivity index (χ3v) is 13.9. The van der Waals surface area contributed by atoms with E-state index in [1.165, 1.54) is 53.8 Å². The lowest BCUT2D eigenvalue weighted by Crippen LogP contribution is -2.74. The fourth-order valence-corrected chi connectivity index (χ4v) is 11.8. The van der Waals surface area contributed by atoms with E-state index in [9.17, 15) is 0 Å². The number of nitrogens with one attached hydrogen (secondary N) is 1. The third kappa shape index (κ3) is 4.73. The summed E-state index contributed by atoms with van der Waals surface area (Å²) in [5.41, 5.74) is 6.97. The van der Waals surface area contributed by atoms with E-state index in [0.717, 1.165) is 11.4 Å². The second-order valence-corrected chi connectivity index (χ2v) is 15.8. The van der Waals surface area contributed by atoms with Gasteiger partial charge in [-0.25, -0.2) is 0 Å². The minimum atomic E-state index is -2.68. The first-order valence-corrected chi connectivity index (χ1v) is 17.9. The van der Waals surface area contributed by atoms with E-state index < -0.39 is 8.07 Å². The normalized spacial score (nSPS) is 11.6. The summed E-state index contributed by atoms with van der Waals surface area (Å²) >= 11 is 0. The highest BCUT2D eigenvalue weighted by Crippen LogP contribution is 2.34. The van der Waals surface area contributed by atoms with Gasteiger partial charge in [0.15, 0.2) is 8.07 Å². The molecule has 1 heterocycles. The van der Waals surface area contributed by atoms with Crippen molar-refractivity contribution < 1.29 is 0 Å². The van der Waals surface area contributed by atoms with Crippen molar-refractivity contribution in [1.82, 2.24) is 4.57 Å². The maximum Gasteiger partial charge on any atom is 0.179 e. The molecule has 8 rings (SSSR count). The Bertz CT molecular complexity index is 2160. The molecule has 8 aromatic rings. The largest absolute Gasteiger partial charge is 0.356 e. The molecular formula is C43H34N2Si. The number of rotatable bonds is 7. The van der Waals surface area contributed by atoms with E-state index >= 15 is 0 Å². The van der Waals surface area contributed by atoms with Crippen molar-refractivity contribution in [3.63, 3.8) is 0 Å². The van der Waals surface area contributed by atoms with Crippen molar-refractivity contribution in [3.05, 3.63) is 188 Å². The van der Waals surface area contributed by atoms with Crippen LogP contribution in [0.1, 0.15) is 5.56 Å². The van der Waals surface area contributed by atoms with Gasteiger partial charge < -0.3 is 9.88 Å². The first-order chi connectivity index (χ1) is 22.7. The highest BCUT2D eigenvalue weighted by atomic mass is 28.3. The van der Waals surface area contributed by atoms with E-state index in [0.29, 0.717) is 0 Å². The molecule has 0 fully saturated rings. The molecule has 0 saturated carbocycles. The van der Waals surface area contributed by atoms with Crippen molar-refractivity contribution in [3.8, 4) is 5.69 Å². The lowest BCUT2D eigenvalue weighted by molar-refractivity contribution is 1.17. The lowest BCUT2D eigenvalue weighted by atomic mass is 10.1. The van der Waals surface area contributed by atoms with Crippen LogP contribution in [0.3, 0.4) is 0 Å². The number of anilines is 2. The van der Waals surface area contributed by atoms with Gasteiger partial charge in [0, 0.05) is 27.8 Å². The smallest absolute Gasteiger partial charge is 0.179 e. The van der Waals surface area contributed by atoms with Gasteiger partial charge in [0.25, 0.3) is 0 Å². The maximum absolute atomic E-state index is 3.64. The Morgan fingerprint density at radius 1 is 0.413 bits per heavy atom. The van der Waals surface area contributed by atoms with Crippen LogP contribution >= 0.6 is 0 Å². The number of aryl methyl sites for hydroxylation is 1. The van der Waals surface area contributed by atoms with Gasteiger partial charge in [-0.3, -0.25) is 0 Å². The Labute approximate surface area is 271 Å². The van der Waals surface area contributed by atoms with Crippen molar-refractivity contribution in [1.29, 1.82) is 0 Å². The molecule has 0 unspecified atom stereocenters. The van der Waals surface area contributed by atoms with Crippen LogP contribution in [0.4, 0.5) is 11.4 Å². The maximum atomic E-state index is 3.64. The lowest BCUT2D eigenvalue weighted by Gasteiger charge is -2.34. The minimum absolute atomic E-state index is 1.07. The van der Waals surface area contributed by atoms with Gasteiger partial charge in [-0.05, 0) is 76.2 Å². The molecule has 220 valence electrons. The summed E-state index contributed by atoms with van der Waals surface area (Å²) in [7, 11) is -2.68. The Hall–Kier alpha value is -5.64. The zero-order valence-electron chi connectivity index (χ0n) is 25.8. The summed E-state index contributed by atoms with van der Waals surface area (Å²) in [6.45, 7) is 2.14. The molecule has 0 saturated heterocycles. The summed E-state index contributed by atoms with van der Waals surface area (Å²) in [6, 6.07) is 66.7. The number of hydrogen-bond donors (Lipinski definition) is 1. The number of fused-ring (bicyclic) bond motifs is 3. The van der Waals surface area contributed by atoms with E-state index in [1.807, 2.05) is 6.07 Å². The standard InChI is InChI=1S/C43H34N2Si/c1-32-22-25-35(26-23-32)45-42-28-24-34(44-33-14-6-2-7-15-33)30-40(42)41-31-39(27-29-43(41)45)46(36-16-8-3-9-17-36,37-18-10-4-11-19-37)38-20-12-5-13-21-38/h2-31,44H,1H3. The number of hydrogen-bond acceptors (Lipinski definition) is 1. The van der Waals surface area contributed by atoms with Crippen LogP contribution in [0.5, 0.6) is 0 Å². The van der Waals surface area contributed by atoms with Gasteiger partial charge in [0.2, 0.25) is 0 Å². The SMILES string of the molecule is Cc1ccc(-n2c3ccc(Nc4ccccc4)cc3c3cc([Si](c4ccccc4)(c4ccccc4)c4ccccc4)ccc32)cc1. The summed E-state index contributed by atoms with van der Waals surface area (Å²) in [5, 5.41) is 11.6. The summed E-state index contributed by atoms with van der Waals surface area (Å²) in [4.78, 5) is 0. The van der Waals surface area contributed by atoms with E-state index in [2.05, 4.69) is 193 Å². The molecule has 0 spiro atoms. The van der Waals surface area contributed by atoms with E-state index in [4.69, 9.17) is 0 Å². The van der Waals surface area contributed by atoms with Gasteiger partial charge >= 0.3 is 0 Å². The molecule has 1 aromatic heterocycles. The topological polar surface area (TPSA) is 17.0 Å². The third-order valence-electron chi connectivity index (χ3n) is 9.17. The minimum Gasteiger partial charge on any atom is -0.356 e. The van der Waals surface area contributed by atoms with Gasteiger partial charge in [-0.1, -0.05) is 139 Å². The van der Waals surface area contributed by atoms with Crippen LogP contribution in [-0.4, -0.2) is 12.6 Å². The van der Waals surface area contributed by atoms with Gasteiger partial charge in [-0.15, -0.1) is 0 Å². The first kappa shape index (κ1) is 27.9. The fraction of sp³-hybridized carbons (Fsp3) is 0.0233. The fourth-order valence-electron chi connectivity index (χ4n) is 7.06. The highest BCUT2D eigenvalue weighted by molar-refractivity contribution is 7.20. The second kappa shape index (κ2) is 11.7. The molecule has 1 N–H and O–H groups in total. The molecule has 2 nitrogen and oxygen atoms in total. The Balaban J connectivity index is 1.45. The van der Waals surface area contributed by atoms with Gasteiger partial charge in [-0.2, -0.15) is 0 Å². The van der Waals surface area contributed by atoms with Crippen molar-refractivity contribution in [2.24, 2.45) is 0 Å². The molecule has 0 aliphatic heterocycles. The van der Waals surface area contributed by atoms with Crippen LogP contribution in [0.25, 0.3) is 27.5 Å². The molecule has 0 aliphatic rings. The van der Waals surface area contributed by atoms with Gasteiger partial charge in [0.05, 0.1) is 11.0 Å². The van der Waals surface area contributed by atoms with Crippen LogP contribution in [-0.2, 0) is 0 Å². The summed E-state index contributed by atoms with van der Waals surface area (Å²) in [6.07, 6.45) is 0. The zero-order valence-corrected chi connectivity index (χ0v) is 26.8. The molecule has 0 bridgehead atoms. The average Bonchev–Trinajstić information content (AvgIpc) is 3.44. The monoisotopic (exact) mass is 606 g/mol. The Morgan fingerprint density at radius 3 is 1.43 bits per heavy atom. The Kier molecular flexibility index (Phi) is 7.09. The summed E-state index contributed by atoms with van der Waals surface area (Å²) < 4.78 is 2.41. The van der Waals surface area contributed by atoms with Crippen LogP contribution in [0, 0.1) is 6.92 Å². The molecule has 3 heteroatoms. The quantitative estimate of drug-likeness (QED) is 0.143. The number of aromatic nitrogens is 1. The molecule has 0 aliphatic carbocycles. The predicted molar refractivity (Wildman–Crippen MR) is 199 cm³/mol. The van der Waals surface area contributed by atoms with Crippen LogP contribution < -0.4 is 26.1 Å². The molecule has 0 atom stereocenters. The highest BCUT2D eigenvalue weighted by Gasteiger charge is 2.41. The molecule has 0 amide bonds. The summed E-state index contributed by atoms with van der Waals surface area (Å²) in [5.74, 6) is 0. The van der Waals surface area contributed by atoms with Crippen molar-refractivity contribution in [2.45, 2.75) is 6.92 Å². The van der Waals surface area contributed by atoms with Crippen LogP contribution in [0.2, 0.25) is 0 Å².